The molecular weight excluding hydrogens is 192 g/mol. The second kappa shape index (κ2) is 4.72. The molecule has 0 amide bonds. The molecule has 2 rings (SSSR count). The largest absolute Gasteiger partial charge is 0.383 e. The highest BCUT2D eigenvalue weighted by molar-refractivity contribution is 4.98. The monoisotopic (exact) mass is 210 g/mol. The van der Waals surface area contributed by atoms with Crippen LogP contribution in [0, 0.1) is 0 Å². The highest BCUT2D eigenvalue weighted by atomic mass is 16.5. The summed E-state index contributed by atoms with van der Waals surface area (Å²) < 4.78 is 7.12. The van der Waals surface area contributed by atoms with E-state index in [1.165, 1.54) is 12.8 Å². The van der Waals surface area contributed by atoms with Crippen LogP contribution in [0.5, 0.6) is 0 Å². The van der Waals surface area contributed by atoms with E-state index in [1.807, 2.05) is 11.6 Å². The number of ether oxygens (including phenoxy) is 1. The number of hydrogen-bond donors (Lipinski definition) is 0. The van der Waals surface area contributed by atoms with Gasteiger partial charge in [0.25, 0.3) is 0 Å². The molecule has 1 atom stereocenters. The average Bonchev–Trinajstić information content (AvgIpc) is 2.82. The minimum absolute atomic E-state index is 0.424. The molecule has 0 unspecified atom stereocenters. The Morgan fingerprint density at radius 3 is 3.13 bits per heavy atom. The molecule has 1 aromatic rings. The Balaban J connectivity index is 2.04. The number of methoxy groups -OCH3 is 1. The second-order valence-corrected chi connectivity index (χ2v) is 3.99. The van der Waals surface area contributed by atoms with Crippen molar-refractivity contribution in [2.45, 2.75) is 18.9 Å². The average molecular weight is 210 g/mol. The molecule has 1 fully saturated rings. The first-order valence-electron chi connectivity index (χ1n) is 5.40. The lowest BCUT2D eigenvalue weighted by atomic mass is 10.2. The molecule has 84 valence electrons. The van der Waals surface area contributed by atoms with Gasteiger partial charge in [-0.3, -0.25) is 4.90 Å². The number of nitrogens with zero attached hydrogens (tertiary/aromatic N) is 4. The Morgan fingerprint density at radius 1 is 1.60 bits per heavy atom. The summed E-state index contributed by atoms with van der Waals surface area (Å²) in [6, 6.07) is 0.424. The molecule has 0 aliphatic carbocycles. The maximum absolute atomic E-state index is 5.12. The molecular formula is C10H18N4O. The van der Waals surface area contributed by atoms with Crippen LogP contribution in [0.4, 0.5) is 0 Å². The minimum Gasteiger partial charge on any atom is -0.383 e. The molecule has 1 aliphatic heterocycles. The Hall–Kier alpha value is -0.940. The van der Waals surface area contributed by atoms with E-state index in [-0.39, 0.29) is 0 Å². The number of aromatic nitrogens is 3. The Kier molecular flexibility index (Phi) is 3.33. The summed E-state index contributed by atoms with van der Waals surface area (Å²) in [6.07, 6.45) is 4.18. The molecule has 15 heavy (non-hydrogen) atoms. The summed E-state index contributed by atoms with van der Waals surface area (Å²) >= 11 is 0. The maximum atomic E-state index is 5.12. The van der Waals surface area contributed by atoms with Gasteiger partial charge in [0.2, 0.25) is 0 Å². The Bertz CT molecular complexity index is 312. The molecule has 1 aliphatic rings. The van der Waals surface area contributed by atoms with Crippen LogP contribution in [0.2, 0.25) is 0 Å². The fourth-order valence-electron chi connectivity index (χ4n) is 2.19. The van der Waals surface area contributed by atoms with Gasteiger partial charge >= 0.3 is 0 Å². The SMILES string of the molecule is COCCN1CCC[C@@H]1c1nncn1C. The molecule has 0 spiro atoms. The molecule has 0 aromatic carbocycles. The zero-order chi connectivity index (χ0) is 10.7. The molecule has 1 saturated heterocycles. The van der Waals surface area contributed by atoms with E-state index in [0.717, 1.165) is 25.5 Å². The zero-order valence-electron chi connectivity index (χ0n) is 9.39. The third-order valence-corrected chi connectivity index (χ3v) is 2.99. The third-order valence-electron chi connectivity index (χ3n) is 2.99. The van der Waals surface area contributed by atoms with Gasteiger partial charge in [0, 0.05) is 20.7 Å². The van der Waals surface area contributed by atoms with Crippen molar-refractivity contribution in [2.75, 3.05) is 26.8 Å². The van der Waals surface area contributed by atoms with Crippen LogP contribution in [0.15, 0.2) is 6.33 Å². The fourth-order valence-corrected chi connectivity index (χ4v) is 2.19. The molecule has 0 radical (unpaired) electrons. The van der Waals surface area contributed by atoms with Crippen molar-refractivity contribution >= 4 is 0 Å². The second-order valence-electron chi connectivity index (χ2n) is 3.99. The minimum atomic E-state index is 0.424. The summed E-state index contributed by atoms with van der Waals surface area (Å²) in [6.45, 7) is 2.91. The normalized spacial score (nSPS) is 22.4. The van der Waals surface area contributed by atoms with E-state index >= 15 is 0 Å². The van der Waals surface area contributed by atoms with Crippen LogP contribution in [0.1, 0.15) is 24.7 Å². The van der Waals surface area contributed by atoms with E-state index < -0.39 is 0 Å². The molecule has 2 heterocycles. The van der Waals surface area contributed by atoms with Gasteiger partial charge in [-0.2, -0.15) is 0 Å². The standard InChI is InChI=1S/C10H18N4O/c1-13-8-11-12-10(13)9-4-3-5-14(9)6-7-15-2/h8-9H,3-7H2,1-2H3/t9-/m1/s1. The first kappa shape index (κ1) is 10.6. The summed E-state index contributed by atoms with van der Waals surface area (Å²) in [7, 11) is 3.75. The molecule has 5 nitrogen and oxygen atoms in total. The lowest BCUT2D eigenvalue weighted by Crippen LogP contribution is -2.28. The van der Waals surface area contributed by atoms with Crippen molar-refractivity contribution in [2.24, 2.45) is 7.05 Å². The predicted molar refractivity (Wildman–Crippen MR) is 56.4 cm³/mol. The molecule has 5 heteroatoms. The molecule has 0 bridgehead atoms. The highest BCUT2D eigenvalue weighted by Gasteiger charge is 2.28. The Morgan fingerprint density at radius 2 is 2.47 bits per heavy atom. The Labute approximate surface area is 90.0 Å². The van der Waals surface area contributed by atoms with Crippen LogP contribution in [0.3, 0.4) is 0 Å². The first-order chi connectivity index (χ1) is 7.33. The van der Waals surface area contributed by atoms with Crippen LogP contribution in [0.25, 0.3) is 0 Å². The van der Waals surface area contributed by atoms with E-state index in [0.29, 0.717) is 6.04 Å². The van der Waals surface area contributed by atoms with Gasteiger partial charge < -0.3 is 9.30 Å². The smallest absolute Gasteiger partial charge is 0.149 e. The number of rotatable bonds is 4. The zero-order valence-corrected chi connectivity index (χ0v) is 9.39. The topological polar surface area (TPSA) is 43.2 Å². The highest BCUT2D eigenvalue weighted by Crippen LogP contribution is 2.29. The third kappa shape index (κ3) is 2.18. The van der Waals surface area contributed by atoms with Crippen LogP contribution in [-0.2, 0) is 11.8 Å². The van der Waals surface area contributed by atoms with Crippen molar-refractivity contribution < 1.29 is 4.74 Å². The number of hydrogen-bond acceptors (Lipinski definition) is 4. The molecule has 1 aromatic heterocycles. The summed E-state index contributed by atoms with van der Waals surface area (Å²) in [5, 5.41) is 8.12. The molecule has 0 N–H and O–H groups in total. The maximum Gasteiger partial charge on any atom is 0.149 e. The summed E-state index contributed by atoms with van der Waals surface area (Å²) in [5.74, 6) is 1.07. The fraction of sp³-hybridized carbons (Fsp3) is 0.800. The quantitative estimate of drug-likeness (QED) is 0.730. The van der Waals surface area contributed by atoms with Crippen LogP contribution >= 0.6 is 0 Å². The van der Waals surface area contributed by atoms with Crippen molar-refractivity contribution in [3.63, 3.8) is 0 Å². The van der Waals surface area contributed by atoms with Crippen molar-refractivity contribution in [1.82, 2.24) is 19.7 Å². The first-order valence-corrected chi connectivity index (χ1v) is 5.40. The summed E-state index contributed by atoms with van der Waals surface area (Å²) in [4.78, 5) is 2.42. The van der Waals surface area contributed by atoms with Gasteiger partial charge in [0.1, 0.15) is 12.2 Å². The van der Waals surface area contributed by atoms with Crippen molar-refractivity contribution in [3.8, 4) is 0 Å². The number of likely N-dealkylation sites (tertiary alicyclic amines) is 1. The lowest BCUT2D eigenvalue weighted by Gasteiger charge is -2.22. The van der Waals surface area contributed by atoms with E-state index in [9.17, 15) is 0 Å². The van der Waals surface area contributed by atoms with Crippen LogP contribution < -0.4 is 0 Å². The van der Waals surface area contributed by atoms with Gasteiger partial charge in [-0.15, -0.1) is 10.2 Å². The van der Waals surface area contributed by atoms with Gasteiger partial charge in [-0.25, -0.2) is 0 Å². The van der Waals surface area contributed by atoms with Gasteiger partial charge in [0.05, 0.1) is 12.6 Å². The summed E-state index contributed by atoms with van der Waals surface area (Å²) in [5.41, 5.74) is 0. The van der Waals surface area contributed by atoms with Crippen molar-refractivity contribution in [3.05, 3.63) is 12.2 Å². The van der Waals surface area contributed by atoms with E-state index in [2.05, 4.69) is 15.1 Å². The van der Waals surface area contributed by atoms with Gasteiger partial charge in [0.15, 0.2) is 0 Å². The van der Waals surface area contributed by atoms with E-state index in [1.54, 1.807) is 13.4 Å². The molecule has 0 saturated carbocycles. The van der Waals surface area contributed by atoms with E-state index in [4.69, 9.17) is 4.74 Å². The van der Waals surface area contributed by atoms with Crippen LogP contribution in [-0.4, -0.2) is 46.5 Å². The lowest BCUT2D eigenvalue weighted by molar-refractivity contribution is 0.138. The van der Waals surface area contributed by atoms with Gasteiger partial charge in [-0.05, 0) is 19.4 Å². The van der Waals surface area contributed by atoms with Crippen molar-refractivity contribution in [1.29, 1.82) is 0 Å². The number of aryl methyl sites for hydroxylation is 1. The predicted octanol–water partition coefficient (Wildman–Crippen LogP) is 0.598. The van der Waals surface area contributed by atoms with Gasteiger partial charge in [-0.1, -0.05) is 0 Å².